The Bertz CT molecular complexity index is 1680. The second-order valence-corrected chi connectivity index (χ2v) is 12.3. The molecule has 1 aromatic heterocycles. The van der Waals surface area contributed by atoms with Crippen molar-refractivity contribution in [1.82, 2.24) is 5.32 Å². The van der Waals surface area contributed by atoms with Gasteiger partial charge in [0.05, 0.1) is 55.1 Å². The molecule has 0 radical (unpaired) electrons. The number of halogens is 3. The van der Waals surface area contributed by atoms with Gasteiger partial charge in [-0.3, -0.25) is 14.4 Å². The average molecular weight is 714 g/mol. The standard InChI is InChI=1S/C31H34ClF2N3O10S/c1-19(36-8-7-27(38)20-12-21(33)14-22(34)13-20)18-47-30(40)6-5-29(39)45-10-3-11-46-31(41)24-15-28(48(35,42)43)25(32)16-26(24)37-17-23-4-2-9-44-23/h2,4,9,12-16,19,36-37H,3,5-8,10-11,17-18H2,1H3,(H2,35,42,43)/t19-/m1/s1. The second-order valence-electron chi connectivity index (χ2n) is 10.4. The number of hydrogen-bond acceptors (Lipinski definition) is 12. The Kier molecular flexibility index (Phi) is 14.5. The number of anilines is 1. The lowest BCUT2D eigenvalue weighted by Gasteiger charge is -2.14. The van der Waals surface area contributed by atoms with Crippen molar-refractivity contribution in [2.24, 2.45) is 5.14 Å². The molecule has 4 N–H and O–H groups in total. The predicted octanol–water partition coefficient (Wildman–Crippen LogP) is 4.14. The number of hydrogen-bond donors (Lipinski definition) is 3. The first kappa shape index (κ1) is 38.1. The maximum atomic E-state index is 13.3. The molecule has 0 amide bonds. The number of benzene rings is 2. The fourth-order valence-corrected chi connectivity index (χ4v) is 5.19. The van der Waals surface area contributed by atoms with Crippen LogP contribution in [0.2, 0.25) is 5.02 Å². The van der Waals surface area contributed by atoms with Crippen molar-refractivity contribution < 1.29 is 55.0 Å². The summed E-state index contributed by atoms with van der Waals surface area (Å²) < 4.78 is 71.0. The molecule has 0 saturated carbocycles. The Morgan fingerprint density at radius 1 is 0.958 bits per heavy atom. The molecule has 48 heavy (non-hydrogen) atoms. The van der Waals surface area contributed by atoms with E-state index in [1.165, 1.54) is 12.3 Å². The maximum Gasteiger partial charge on any atom is 0.340 e. The molecule has 0 fully saturated rings. The number of nitrogens with one attached hydrogen (secondary N) is 2. The maximum absolute atomic E-state index is 13.3. The lowest BCUT2D eigenvalue weighted by molar-refractivity contribution is -0.150. The summed E-state index contributed by atoms with van der Waals surface area (Å²) in [6.45, 7) is 1.67. The van der Waals surface area contributed by atoms with Crippen molar-refractivity contribution in [2.75, 3.05) is 31.7 Å². The minimum Gasteiger partial charge on any atom is -0.467 e. The van der Waals surface area contributed by atoms with Crippen molar-refractivity contribution in [1.29, 1.82) is 0 Å². The van der Waals surface area contributed by atoms with Gasteiger partial charge >= 0.3 is 17.9 Å². The number of nitrogens with two attached hydrogens (primary N) is 1. The van der Waals surface area contributed by atoms with Crippen LogP contribution in [-0.4, -0.2) is 64.5 Å². The fraction of sp³-hybridized carbons (Fsp3) is 0.355. The van der Waals surface area contributed by atoms with E-state index in [9.17, 15) is 36.4 Å². The molecule has 0 bridgehead atoms. The molecule has 17 heteroatoms. The van der Waals surface area contributed by atoms with Gasteiger partial charge in [-0.25, -0.2) is 27.1 Å². The van der Waals surface area contributed by atoms with E-state index >= 15 is 0 Å². The average Bonchev–Trinajstić information content (AvgIpc) is 3.54. The summed E-state index contributed by atoms with van der Waals surface area (Å²) in [5.41, 5.74) is -0.0562. The van der Waals surface area contributed by atoms with Crippen LogP contribution in [0.15, 0.2) is 58.0 Å². The van der Waals surface area contributed by atoms with Gasteiger partial charge in [-0.05, 0) is 43.3 Å². The van der Waals surface area contributed by atoms with Crippen molar-refractivity contribution in [3.63, 3.8) is 0 Å². The number of Topliss-reactive ketones (excluding diaryl/α,β-unsaturated/α-hetero) is 1. The SMILES string of the molecule is C[C@H](COC(=O)CCC(=O)OCCCOC(=O)c1cc(S(N)(=O)=O)c(Cl)cc1NCc1ccco1)NCCC(=O)c1cc(F)cc(F)c1. The van der Waals surface area contributed by atoms with Crippen LogP contribution in [0.1, 0.15) is 59.1 Å². The van der Waals surface area contributed by atoms with Crippen LogP contribution in [-0.2, 0) is 40.4 Å². The molecule has 1 heterocycles. The third kappa shape index (κ3) is 12.7. The Balaban J connectivity index is 1.33. The van der Waals surface area contributed by atoms with E-state index in [1.54, 1.807) is 19.1 Å². The van der Waals surface area contributed by atoms with Gasteiger partial charge in [0.25, 0.3) is 0 Å². The summed E-state index contributed by atoms with van der Waals surface area (Å²) in [6, 6.07) is 7.82. The highest BCUT2D eigenvalue weighted by Gasteiger charge is 2.22. The van der Waals surface area contributed by atoms with E-state index in [0.717, 1.165) is 18.2 Å². The summed E-state index contributed by atoms with van der Waals surface area (Å²) in [5.74, 6) is -3.83. The Labute approximate surface area is 280 Å². The van der Waals surface area contributed by atoms with Gasteiger partial charge in [-0.15, -0.1) is 0 Å². The molecule has 0 unspecified atom stereocenters. The van der Waals surface area contributed by atoms with Crippen LogP contribution < -0.4 is 15.8 Å². The Morgan fingerprint density at radius 3 is 2.27 bits per heavy atom. The molecule has 2 aromatic carbocycles. The zero-order valence-corrected chi connectivity index (χ0v) is 27.3. The highest BCUT2D eigenvalue weighted by Crippen LogP contribution is 2.29. The molecule has 13 nitrogen and oxygen atoms in total. The molecule has 0 saturated heterocycles. The van der Waals surface area contributed by atoms with E-state index in [0.29, 0.717) is 11.8 Å². The number of esters is 3. The van der Waals surface area contributed by atoms with Crippen molar-refractivity contribution >= 4 is 51.0 Å². The van der Waals surface area contributed by atoms with Gasteiger partial charge < -0.3 is 29.3 Å². The van der Waals surface area contributed by atoms with Crippen LogP contribution in [0.5, 0.6) is 0 Å². The predicted molar refractivity (Wildman–Crippen MR) is 168 cm³/mol. The first-order valence-electron chi connectivity index (χ1n) is 14.6. The van der Waals surface area contributed by atoms with Gasteiger partial charge in [0.1, 0.15) is 28.9 Å². The number of carbonyl (C=O) groups excluding carboxylic acids is 4. The highest BCUT2D eigenvalue weighted by atomic mass is 35.5. The second kappa shape index (κ2) is 18.2. The lowest BCUT2D eigenvalue weighted by atomic mass is 10.1. The number of rotatable bonds is 19. The van der Waals surface area contributed by atoms with Crippen LogP contribution in [0.3, 0.4) is 0 Å². The minimum atomic E-state index is -4.25. The molecule has 0 aliphatic carbocycles. The lowest BCUT2D eigenvalue weighted by Crippen LogP contribution is -2.33. The number of furan rings is 1. The molecule has 1 atom stereocenters. The summed E-state index contributed by atoms with van der Waals surface area (Å²) in [4.78, 5) is 48.5. The summed E-state index contributed by atoms with van der Waals surface area (Å²) in [7, 11) is -4.25. The molecule has 3 rings (SSSR count). The van der Waals surface area contributed by atoms with Crippen molar-refractivity contribution in [3.05, 3.63) is 82.3 Å². The van der Waals surface area contributed by atoms with Gasteiger partial charge in [-0.2, -0.15) is 0 Å². The smallest absolute Gasteiger partial charge is 0.340 e. The third-order valence-corrected chi connectivity index (χ3v) is 7.85. The Morgan fingerprint density at radius 2 is 1.62 bits per heavy atom. The molecular weight excluding hydrogens is 680 g/mol. The summed E-state index contributed by atoms with van der Waals surface area (Å²) in [5, 5.41) is 10.9. The zero-order chi connectivity index (χ0) is 35.3. The van der Waals surface area contributed by atoms with Crippen LogP contribution >= 0.6 is 11.6 Å². The topological polar surface area (TPSA) is 193 Å². The molecule has 0 aliphatic heterocycles. The van der Waals surface area contributed by atoms with Crippen molar-refractivity contribution in [3.8, 4) is 0 Å². The van der Waals surface area contributed by atoms with E-state index in [2.05, 4.69) is 10.6 Å². The van der Waals surface area contributed by atoms with Gasteiger partial charge in [0.2, 0.25) is 10.0 Å². The number of primary sulfonamides is 1. The monoisotopic (exact) mass is 713 g/mol. The number of sulfonamides is 1. The van der Waals surface area contributed by atoms with Crippen molar-refractivity contribution in [2.45, 2.75) is 50.1 Å². The molecule has 0 spiro atoms. The fourth-order valence-electron chi connectivity index (χ4n) is 4.09. The summed E-state index contributed by atoms with van der Waals surface area (Å²) >= 11 is 6.07. The first-order chi connectivity index (χ1) is 22.7. The van der Waals surface area contributed by atoms with E-state index < -0.39 is 50.2 Å². The van der Waals surface area contributed by atoms with E-state index in [-0.39, 0.29) is 86.5 Å². The van der Waals surface area contributed by atoms with E-state index in [1.807, 2.05) is 0 Å². The molecule has 260 valence electrons. The minimum absolute atomic E-state index is 0.0301. The molecule has 0 aliphatic rings. The summed E-state index contributed by atoms with van der Waals surface area (Å²) in [6.07, 6.45) is 1.03. The first-order valence-corrected chi connectivity index (χ1v) is 16.5. The van der Waals surface area contributed by atoms with Gasteiger partial charge in [-0.1, -0.05) is 11.6 Å². The van der Waals surface area contributed by atoms with Gasteiger partial charge in [0, 0.05) is 37.1 Å². The molecule has 3 aromatic rings. The highest BCUT2D eigenvalue weighted by molar-refractivity contribution is 7.89. The normalized spacial score (nSPS) is 11.9. The number of ketones is 1. The zero-order valence-electron chi connectivity index (χ0n) is 25.8. The van der Waals surface area contributed by atoms with Crippen LogP contribution in [0.25, 0.3) is 0 Å². The largest absolute Gasteiger partial charge is 0.467 e. The quantitative estimate of drug-likeness (QED) is 0.0697. The third-order valence-electron chi connectivity index (χ3n) is 6.47. The molecular formula is C31H34ClF2N3O10S. The van der Waals surface area contributed by atoms with Gasteiger partial charge in [0.15, 0.2) is 5.78 Å². The Hall–Kier alpha value is -4.38. The number of carbonyl (C=O) groups is 4. The van der Waals surface area contributed by atoms with Crippen LogP contribution in [0.4, 0.5) is 14.5 Å². The van der Waals surface area contributed by atoms with Crippen LogP contribution in [0, 0.1) is 11.6 Å². The number of ether oxygens (including phenoxy) is 3. The van der Waals surface area contributed by atoms with E-state index in [4.69, 9.17) is 35.4 Å².